The first-order valence-corrected chi connectivity index (χ1v) is 7.54. The summed E-state index contributed by atoms with van der Waals surface area (Å²) in [5, 5.41) is 10.1. The third-order valence-corrected chi connectivity index (χ3v) is 4.70. The summed E-state index contributed by atoms with van der Waals surface area (Å²) in [4.78, 5) is 18.8. The highest BCUT2D eigenvalue weighted by atomic mass is 32.1. The molecule has 1 aliphatic heterocycles. The van der Waals surface area contributed by atoms with Crippen LogP contribution in [0.5, 0.6) is 0 Å². The van der Waals surface area contributed by atoms with Gasteiger partial charge >= 0.3 is 5.97 Å². The molecule has 1 aromatic carbocycles. The monoisotopic (exact) mass is 288 g/mol. The first kappa shape index (κ1) is 13.1. The number of benzene rings is 1. The third kappa shape index (κ3) is 2.67. The Morgan fingerprint density at radius 3 is 2.90 bits per heavy atom. The van der Waals surface area contributed by atoms with Gasteiger partial charge in [0.15, 0.2) is 5.13 Å². The molecule has 0 radical (unpaired) electrons. The molecular weight excluding hydrogens is 272 g/mol. The largest absolute Gasteiger partial charge is 0.481 e. The van der Waals surface area contributed by atoms with Crippen LogP contribution in [0.2, 0.25) is 0 Å². The summed E-state index contributed by atoms with van der Waals surface area (Å²) < 4.78 is 0. The number of carboxylic acid groups (broad SMARTS) is 1. The van der Waals surface area contributed by atoms with Crippen LogP contribution >= 0.6 is 11.3 Å². The van der Waals surface area contributed by atoms with Gasteiger partial charge in [0.25, 0.3) is 0 Å². The maximum Gasteiger partial charge on any atom is 0.308 e. The van der Waals surface area contributed by atoms with Crippen LogP contribution in [0.4, 0.5) is 5.13 Å². The molecule has 1 N–H and O–H groups in total. The van der Waals surface area contributed by atoms with Gasteiger partial charge in [-0.2, -0.15) is 0 Å². The van der Waals surface area contributed by atoms with E-state index in [1.165, 1.54) is 0 Å². The first-order valence-electron chi connectivity index (χ1n) is 6.73. The lowest BCUT2D eigenvalue weighted by Gasteiger charge is -2.30. The Bertz CT molecular complexity index is 597. The molecule has 2 aromatic rings. The number of aromatic nitrogens is 1. The van der Waals surface area contributed by atoms with E-state index in [4.69, 9.17) is 5.11 Å². The third-order valence-electron chi connectivity index (χ3n) is 3.59. The molecule has 1 aromatic heterocycles. The second-order valence-electron chi connectivity index (χ2n) is 5.00. The molecule has 0 saturated carbocycles. The molecule has 3 rings (SSSR count). The van der Waals surface area contributed by atoms with Gasteiger partial charge in [-0.25, -0.2) is 4.98 Å². The summed E-state index contributed by atoms with van der Waals surface area (Å²) in [6.45, 7) is 1.46. The zero-order valence-corrected chi connectivity index (χ0v) is 11.8. The lowest BCUT2D eigenvalue weighted by atomic mass is 9.99. The van der Waals surface area contributed by atoms with E-state index in [1.54, 1.807) is 11.3 Å². The van der Waals surface area contributed by atoms with Crippen molar-refractivity contribution in [3.05, 3.63) is 36.5 Å². The quantitative estimate of drug-likeness (QED) is 0.943. The van der Waals surface area contributed by atoms with E-state index in [9.17, 15) is 4.79 Å². The minimum absolute atomic E-state index is 0.271. The molecule has 1 fully saturated rings. The van der Waals surface area contributed by atoms with Crippen molar-refractivity contribution in [3.63, 3.8) is 0 Å². The molecule has 1 atom stereocenters. The van der Waals surface area contributed by atoms with E-state index in [-0.39, 0.29) is 5.92 Å². The first-order chi connectivity index (χ1) is 9.74. The van der Waals surface area contributed by atoms with Crippen molar-refractivity contribution in [2.45, 2.75) is 12.8 Å². The van der Waals surface area contributed by atoms with Crippen LogP contribution in [0.3, 0.4) is 0 Å². The van der Waals surface area contributed by atoms with E-state index in [0.717, 1.165) is 35.0 Å². The zero-order valence-electron chi connectivity index (χ0n) is 11.0. The molecule has 4 nitrogen and oxygen atoms in total. The summed E-state index contributed by atoms with van der Waals surface area (Å²) in [5.74, 6) is -0.970. The zero-order chi connectivity index (χ0) is 13.9. The molecular formula is C15H16N2O2S. The van der Waals surface area contributed by atoms with Crippen LogP contribution in [0.15, 0.2) is 36.5 Å². The highest BCUT2D eigenvalue weighted by Gasteiger charge is 2.26. The van der Waals surface area contributed by atoms with Crippen LogP contribution in [0.25, 0.3) is 10.4 Å². The number of carbonyl (C=O) groups is 1. The summed E-state index contributed by atoms with van der Waals surface area (Å²) in [6.07, 6.45) is 3.56. The number of rotatable bonds is 3. The van der Waals surface area contributed by atoms with Crippen LogP contribution in [0.1, 0.15) is 12.8 Å². The van der Waals surface area contributed by atoms with Crippen molar-refractivity contribution in [3.8, 4) is 10.4 Å². The van der Waals surface area contributed by atoms with Gasteiger partial charge < -0.3 is 10.0 Å². The number of anilines is 1. The van der Waals surface area contributed by atoms with Gasteiger partial charge in [0.05, 0.1) is 10.8 Å². The minimum Gasteiger partial charge on any atom is -0.481 e. The van der Waals surface area contributed by atoms with E-state index < -0.39 is 5.97 Å². The van der Waals surface area contributed by atoms with Crippen LogP contribution < -0.4 is 4.90 Å². The molecule has 0 aliphatic carbocycles. The van der Waals surface area contributed by atoms with E-state index in [2.05, 4.69) is 22.0 Å². The Morgan fingerprint density at radius 1 is 1.35 bits per heavy atom. The Morgan fingerprint density at radius 2 is 2.15 bits per heavy atom. The van der Waals surface area contributed by atoms with Gasteiger partial charge in [0.2, 0.25) is 0 Å². The maximum absolute atomic E-state index is 11.1. The topological polar surface area (TPSA) is 53.4 Å². The minimum atomic E-state index is -0.700. The van der Waals surface area contributed by atoms with Gasteiger partial charge in [-0.3, -0.25) is 4.79 Å². The van der Waals surface area contributed by atoms with Gasteiger partial charge in [-0.15, -0.1) is 0 Å². The van der Waals surface area contributed by atoms with Crippen molar-refractivity contribution in [2.24, 2.45) is 5.92 Å². The number of thiazole rings is 1. The van der Waals surface area contributed by atoms with Gasteiger partial charge in [0.1, 0.15) is 0 Å². The van der Waals surface area contributed by atoms with Crippen molar-refractivity contribution in [1.82, 2.24) is 4.98 Å². The van der Waals surface area contributed by atoms with Crippen molar-refractivity contribution in [1.29, 1.82) is 0 Å². The van der Waals surface area contributed by atoms with Crippen molar-refractivity contribution < 1.29 is 9.90 Å². The van der Waals surface area contributed by atoms with E-state index in [0.29, 0.717) is 6.54 Å². The Balaban J connectivity index is 1.78. The SMILES string of the molecule is O=C(O)C1CCCN(c2ncc(-c3ccccc3)s2)C1. The highest BCUT2D eigenvalue weighted by molar-refractivity contribution is 7.18. The van der Waals surface area contributed by atoms with Gasteiger partial charge in [-0.05, 0) is 18.4 Å². The fraction of sp³-hybridized carbons (Fsp3) is 0.333. The second-order valence-corrected chi connectivity index (χ2v) is 6.01. The fourth-order valence-electron chi connectivity index (χ4n) is 2.50. The van der Waals surface area contributed by atoms with Crippen molar-refractivity contribution in [2.75, 3.05) is 18.0 Å². The molecule has 5 heteroatoms. The predicted octanol–water partition coefficient (Wildman–Crippen LogP) is 3.11. The van der Waals surface area contributed by atoms with Gasteiger partial charge in [0, 0.05) is 19.3 Å². The lowest BCUT2D eigenvalue weighted by molar-refractivity contribution is -0.141. The van der Waals surface area contributed by atoms with Crippen molar-refractivity contribution >= 4 is 22.4 Å². The number of nitrogens with zero attached hydrogens (tertiary/aromatic N) is 2. The Hall–Kier alpha value is -1.88. The second kappa shape index (κ2) is 5.63. The smallest absolute Gasteiger partial charge is 0.308 e. The number of hydrogen-bond acceptors (Lipinski definition) is 4. The van der Waals surface area contributed by atoms with Gasteiger partial charge in [-0.1, -0.05) is 41.7 Å². The molecule has 2 heterocycles. The summed E-state index contributed by atoms with van der Waals surface area (Å²) >= 11 is 1.63. The average molecular weight is 288 g/mol. The highest BCUT2D eigenvalue weighted by Crippen LogP contribution is 2.33. The molecule has 104 valence electrons. The number of aliphatic carboxylic acids is 1. The summed E-state index contributed by atoms with van der Waals surface area (Å²) in [6, 6.07) is 10.1. The molecule has 1 saturated heterocycles. The Kier molecular flexibility index (Phi) is 3.69. The summed E-state index contributed by atoms with van der Waals surface area (Å²) in [5.41, 5.74) is 1.16. The molecule has 1 unspecified atom stereocenters. The van der Waals surface area contributed by atoms with Crippen LogP contribution in [0, 0.1) is 5.92 Å². The van der Waals surface area contributed by atoms with Crippen LogP contribution in [-0.4, -0.2) is 29.1 Å². The number of hydrogen-bond donors (Lipinski definition) is 1. The van der Waals surface area contributed by atoms with Crippen LogP contribution in [-0.2, 0) is 4.79 Å². The molecule has 20 heavy (non-hydrogen) atoms. The lowest BCUT2D eigenvalue weighted by Crippen LogP contribution is -2.38. The molecule has 1 aliphatic rings. The molecule has 0 spiro atoms. The maximum atomic E-state index is 11.1. The molecule has 0 amide bonds. The normalized spacial score (nSPS) is 19.0. The number of piperidine rings is 1. The van der Waals surface area contributed by atoms with E-state index in [1.807, 2.05) is 24.4 Å². The Labute approximate surface area is 121 Å². The fourth-order valence-corrected chi connectivity index (χ4v) is 3.46. The standard InChI is InChI=1S/C15H16N2O2S/c18-14(19)12-7-4-8-17(10-12)15-16-9-13(20-15)11-5-2-1-3-6-11/h1-3,5-6,9,12H,4,7-8,10H2,(H,18,19). The molecule has 0 bridgehead atoms. The summed E-state index contributed by atoms with van der Waals surface area (Å²) in [7, 11) is 0. The van der Waals surface area contributed by atoms with E-state index >= 15 is 0 Å². The number of carboxylic acids is 1. The average Bonchev–Trinajstić information content (AvgIpc) is 2.98. The predicted molar refractivity (Wildman–Crippen MR) is 80.1 cm³/mol.